The highest BCUT2D eigenvalue weighted by Gasteiger charge is 2.20. The molecule has 0 atom stereocenters. The molecular formula is C16H15N5O4S. The molecule has 1 amide bonds. The first-order chi connectivity index (χ1) is 12.5. The quantitative estimate of drug-likeness (QED) is 0.528. The van der Waals surface area contributed by atoms with Gasteiger partial charge in [0.2, 0.25) is 5.95 Å². The number of H-pyrrole nitrogens is 1. The van der Waals surface area contributed by atoms with Crippen molar-refractivity contribution in [3.05, 3.63) is 45.7 Å². The van der Waals surface area contributed by atoms with Crippen LogP contribution in [0, 0.1) is 6.92 Å². The Morgan fingerprint density at radius 2 is 2.19 bits per heavy atom. The molecule has 0 aliphatic carbocycles. The Bertz CT molecular complexity index is 1010. The van der Waals surface area contributed by atoms with Gasteiger partial charge in [-0.25, -0.2) is 9.78 Å². The Morgan fingerprint density at radius 1 is 1.38 bits per heavy atom. The summed E-state index contributed by atoms with van der Waals surface area (Å²) in [6.07, 6.45) is 0. The number of esters is 1. The lowest BCUT2D eigenvalue weighted by molar-refractivity contribution is -0.152. The lowest BCUT2D eigenvalue weighted by Crippen LogP contribution is -2.26. The van der Waals surface area contributed by atoms with E-state index >= 15 is 0 Å². The number of hydrogen-bond donors (Lipinski definition) is 2. The Hall–Kier alpha value is -3.27. The van der Waals surface area contributed by atoms with E-state index in [0.29, 0.717) is 11.4 Å². The summed E-state index contributed by atoms with van der Waals surface area (Å²) < 4.78 is 5.95. The van der Waals surface area contributed by atoms with E-state index < -0.39 is 11.9 Å². The van der Waals surface area contributed by atoms with Gasteiger partial charge in [0.15, 0.2) is 0 Å². The zero-order valence-corrected chi connectivity index (χ0v) is 14.8. The van der Waals surface area contributed by atoms with Crippen LogP contribution in [-0.2, 0) is 14.3 Å². The summed E-state index contributed by atoms with van der Waals surface area (Å²) in [5, 5.41) is 8.72. The number of nitrogens with zero attached hydrogens (tertiary/aromatic N) is 3. The molecule has 0 fully saturated rings. The number of rotatable bonds is 4. The van der Waals surface area contributed by atoms with Gasteiger partial charge >= 0.3 is 11.9 Å². The first kappa shape index (κ1) is 17.5. The number of carbonyl (C=O) groups excluding carboxylic acids is 2. The van der Waals surface area contributed by atoms with Crippen molar-refractivity contribution < 1.29 is 14.3 Å². The van der Waals surface area contributed by atoms with Crippen LogP contribution in [-0.4, -0.2) is 38.2 Å². The molecule has 0 aliphatic rings. The number of amides is 1. The summed E-state index contributed by atoms with van der Waals surface area (Å²) in [5.74, 6) is -1.65. The van der Waals surface area contributed by atoms with Gasteiger partial charge in [0.1, 0.15) is 11.5 Å². The van der Waals surface area contributed by atoms with Gasteiger partial charge in [0.05, 0.1) is 11.5 Å². The average Bonchev–Trinajstić information content (AvgIpc) is 3.23. The second-order valence-electron chi connectivity index (χ2n) is 5.19. The molecule has 0 unspecified atom stereocenters. The zero-order chi connectivity index (χ0) is 18.7. The van der Waals surface area contributed by atoms with E-state index in [2.05, 4.69) is 25.1 Å². The molecule has 3 heterocycles. The predicted molar refractivity (Wildman–Crippen MR) is 95.3 cm³/mol. The third-order valence-corrected chi connectivity index (χ3v) is 4.14. The predicted octanol–water partition coefficient (Wildman–Crippen LogP) is 1.49. The van der Waals surface area contributed by atoms with Gasteiger partial charge in [-0.3, -0.25) is 14.6 Å². The number of hydrogen-bond acceptors (Lipinski definition) is 7. The maximum atomic E-state index is 12.0. The normalized spacial score (nSPS) is 10.5. The molecule has 0 saturated carbocycles. The minimum absolute atomic E-state index is 0.0821. The van der Waals surface area contributed by atoms with Gasteiger partial charge in [0, 0.05) is 17.8 Å². The van der Waals surface area contributed by atoms with Gasteiger partial charge in [-0.2, -0.15) is 9.78 Å². The molecule has 0 spiro atoms. The highest BCUT2D eigenvalue weighted by Crippen LogP contribution is 2.27. The standard InChI is InChI=1S/C16H15N5O4S/c1-3-25-15(24)14(23)18-12-8-10(11-5-4-6-26-11)20-21(12)16-17-9(2)7-13(22)19-16/h4-8H,3H2,1-2H3,(H,18,23)(H,17,19,22). The molecule has 134 valence electrons. The van der Waals surface area contributed by atoms with E-state index in [1.54, 1.807) is 19.9 Å². The van der Waals surface area contributed by atoms with E-state index in [9.17, 15) is 14.4 Å². The van der Waals surface area contributed by atoms with Gasteiger partial charge < -0.3 is 10.1 Å². The number of carbonyl (C=O) groups is 2. The summed E-state index contributed by atoms with van der Waals surface area (Å²) in [6.45, 7) is 3.35. The summed E-state index contributed by atoms with van der Waals surface area (Å²) >= 11 is 1.46. The van der Waals surface area contributed by atoms with Crippen molar-refractivity contribution in [3.8, 4) is 16.5 Å². The average molecular weight is 373 g/mol. The van der Waals surface area contributed by atoms with Gasteiger partial charge in [0.25, 0.3) is 5.56 Å². The van der Waals surface area contributed by atoms with Crippen molar-refractivity contribution in [1.29, 1.82) is 0 Å². The minimum atomic E-state index is -1.01. The SMILES string of the molecule is CCOC(=O)C(=O)Nc1cc(-c2cccs2)nn1-c1nc(C)cc(=O)[nH]1. The fraction of sp³-hybridized carbons (Fsp3) is 0.188. The third-order valence-electron chi connectivity index (χ3n) is 3.24. The zero-order valence-electron chi connectivity index (χ0n) is 14.0. The minimum Gasteiger partial charge on any atom is -0.459 e. The van der Waals surface area contributed by atoms with Crippen LogP contribution in [0.2, 0.25) is 0 Å². The van der Waals surface area contributed by atoms with Crippen molar-refractivity contribution in [3.63, 3.8) is 0 Å². The van der Waals surface area contributed by atoms with Crippen LogP contribution in [0.25, 0.3) is 16.5 Å². The van der Waals surface area contributed by atoms with Crippen LogP contribution < -0.4 is 10.9 Å². The molecular weight excluding hydrogens is 358 g/mol. The molecule has 9 nitrogen and oxygen atoms in total. The highest BCUT2D eigenvalue weighted by molar-refractivity contribution is 7.13. The molecule has 26 heavy (non-hydrogen) atoms. The molecule has 0 saturated heterocycles. The second-order valence-corrected chi connectivity index (χ2v) is 6.14. The summed E-state index contributed by atoms with van der Waals surface area (Å²) in [6, 6.07) is 6.65. The summed E-state index contributed by atoms with van der Waals surface area (Å²) in [5.41, 5.74) is 0.686. The molecule has 0 bridgehead atoms. The number of nitrogens with one attached hydrogen (secondary N) is 2. The van der Waals surface area contributed by atoms with E-state index in [-0.39, 0.29) is 23.9 Å². The summed E-state index contributed by atoms with van der Waals surface area (Å²) in [4.78, 5) is 43.0. The van der Waals surface area contributed by atoms with Crippen molar-refractivity contribution in [1.82, 2.24) is 19.7 Å². The van der Waals surface area contributed by atoms with Crippen LogP contribution in [0.5, 0.6) is 0 Å². The monoisotopic (exact) mass is 373 g/mol. The largest absolute Gasteiger partial charge is 0.459 e. The van der Waals surface area contributed by atoms with E-state index in [4.69, 9.17) is 0 Å². The molecule has 10 heteroatoms. The maximum Gasteiger partial charge on any atom is 0.397 e. The number of thiophene rings is 1. The number of ether oxygens (including phenoxy) is 1. The van der Waals surface area contributed by atoms with Gasteiger partial charge in [-0.05, 0) is 25.3 Å². The topological polar surface area (TPSA) is 119 Å². The number of aromatic amines is 1. The Balaban J connectivity index is 2.05. The molecule has 3 rings (SSSR count). The lowest BCUT2D eigenvalue weighted by Gasteiger charge is -2.07. The Morgan fingerprint density at radius 3 is 2.85 bits per heavy atom. The van der Waals surface area contributed by atoms with Crippen molar-refractivity contribution >= 4 is 29.0 Å². The smallest absolute Gasteiger partial charge is 0.397 e. The highest BCUT2D eigenvalue weighted by atomic mass is 32.1. The third kappa shape index (κ3) is 3.70. The molecule has 0 aliphatic heterocycles. The van der Waals surface area contributed by atoms with Crippen LogP contribution in [0.4, 0.5) is 5.82 Å². The van der Waals surface area contributed by atoms with Crippen LogP contribution >= 0.6 is 11.3 Å². The van der Waals surface area contributed by atoms with Crippen molar-refractivity contribution in [2.45, 2.75) is 13.8 Å². The van der Waals surface area contributed by atoms with Gasteiger partial charge in [-0.15, -0.1) is 11.3 Å². The molecule has 0 aromatic carbocycles. The Labute approximate surface area is 151 Å². The molecule has 3 aromatic rings. The van der Waals surface area contributed by atoms with E-state index in [1.807, 2.05) is 17.5 Å². The second kappa shape index (κ2) is 7.31. The number of aromatic nitrogens is 4. The van der Waals surface area contributed by atoms with Crippen LogP contribution in [0.3, 0.4) is 0 Å². The maximum absolute atomic E-state index is 12.0. The number of anilines is 1. The lowest BCUT2D eigenvalue weighted by atomic mass is 10.3. The Kier molecular flexibility index (Phi) is 4.94. The fourth-order valence-corrected chi connectivity index (χ4v) is 2.89. The molecule has 0 radical (unpaired) electrons. The first-order valence-electron chi connectivity index (χ1n) is 7.68. The van der Waals surface area contributed by atoms with Crippen molar-refractivity contribution in [2.75, 3.05) is 11.9 Å². The number of aryl methyl sites for hydroxylation is 1. The van der Waals surface area contributed by atoms with E-state index in [1.165, 1.54) is 22.1 Å². The van der Waals surface area contributed by atoms with Crippen LogP contribution in [0.1, 0.15) is 12.6 Å². The fourth-order valence-electron chi connectivity index (χ4n) is 2.20. The van der Waals surface area contributed by atoms with Gasteiger partial charge in [-0.1, -0.05) is 6.07 Å². The van der Waals surface area contributed by atoms with E-state index in [0.717, 1.165) is 4.88 Å². The van der Waals surface area contributed by atoms with Crippen LogP contribution in [0.15, 0.2) is 34.4 Å². The first-order valence-corrected chi connectivity index (χ1v) is 8.56. The van der Waals surface area contributed by atoms with Crippen molar-refractivity contribution in [2.24, 2.45) is 0 Å². The molecule has 2 N–H and O–H groups in total. The summed E-state index contributed by atoms with van der Waals surface area (Å²) in [7, 11) is 0. The molecule has 3 aromatic heterocycles.